The lowest BCUT2D eigenvalue weighted by atomic mass is 9.69. The van der Waals surface area contributed by atoms with Crippen LogP contribution in [0.2, 0.25) is 0 Å². The number of aliphatic hydroxyl groups excluding tert-OH is 2. The largest absolute Gasteiger partial charge is 0.481 e. The Hall–Kier alpha value is -2.77. The molecule has 8 N–H and O–H groups in total. The van der Waals surface area contributed by atoms with Gasteiger partial charge in [-0.2, -0.15) is 4.98 Å². The highest BCUT2D eigenvalue weighted by Gasteiger charge is 2.46. The average Bonchev–Trinajstić information content (AvgIpc) is 3.10. The van der Waals surface area contributed by atoms with Gasteiger partial charge in [-0.25, -0.2) is 9.59 Å². The van der Waals surface area contributed by atoms with Gasteiger partial charge in [-0.3, -0.25) is 4.79 Å². The molecule has 0 radical (unpaired) electrons. The van der Waals surface area contributed by atoms with Gasteiger partial charge in [0.2, 0.25) is 5.89 Å². The van der Waals surface area contributed by atoms with Gasteiger partial charge in [0, 0.05) is 13.0 Å². The number of nitrogens with zero attached hydrogens (tertiary/aromatic N) is 2. The second kappa shape index (κ2) is 9.15. The summed E-state index contributed by atoms with van der Waals surface area (Å²) < 4.78 is 5.15. The molecule has 1 aromatic rings. The normalized spacial score (nSPS) is 24.1. The minimum absolute atomic E-state index is 0.0132. The third-order valence-corrected chi connectivity index (χ3v) is 4.74. The summed E-state index contributed by atoms with van der Waals surface area (Å²) in [4.78, 5) is 38.3. The van der Waals surface area contributed by atoms with Crippen LogP contribution in [0.15, 0.2) is 4.52 Å². The standard InChI is InChI=1S/C16H25N5O8/c1-7(23)11(13(26)27)19-15(28)18-9(2-3-10(24)25)12-20-14(21-29-12)16(17)4-8(5-16)6-22/h7-9,11,22-23H,2-6,17H2,1H3,(H,24,25)(H,26,27)(H2,18,19,28)/t7-,8?,9+,11+,16?/m1/s1. The Morgan fingerprint density at radius 2 is 1.97 bits per heavy atom. The van der Waals surface area contributed by atoms with E-state index in [4.69, 9.17) is 25.6 Å². The van der Waals surface area contributed by atoms with Crippen LogP contribution in [0, 0.1) is 5.92 Å². The van der Waals surface area contributed by atoms with Crippen molar-refractivity contribution in [1.29, 1.82) is 0 Å². The zero-order valence-electron chi connectivity index (χ0n) is 15.7. The van der Waals surface area contributed by atoms with Crippen molar-refractivity contribution in [2.45, 2.75) is 56.3 Å². The number of carboxylic acids is 2. The van der Waals surface area contributed by atoms with E-state index in [1.54, 1.807) is 0 Å². The number of hydrogen-bond donors (Lipinski definition) is 7. The van der Waals surface area contributed by atoms with Gasteiger partial charge in [0.05, 0.1) is 11.6 Å². The number of carboxylic acid groups (broad SMARTS) is 2. The third kappa shape index (κ3) is 5.62. The zero-order chi connectivity index (χ0) is 21.8. The first-order valence-corrected chi connectivity index (χ1v) is 8.99. The molecular weight excluding hydrogens is 390 g/mol. The molecule has 13 heteroatoms. The number of nitrogens with two attached hydrogens (primary N) is 1. The van der Waals surface area contributed by atoms with Gasteiger partial charge in [-0.1, -0.05) is 5.16 Å². The molecule has 1 aliphatic carbocycles. The first-order valence-electron chi connectivity index (χ1n) is 8.99. The maximum atomic E-state index is 12.2. The van der Waals surface area contributed by atoms with Crippen molar-refractivity contribution >= 4 is 18.0 Å². The monoisotopic (exact) mass is 415 g/mol. The highest BCUT2D eigenvalue weighted by molar-refractivity contribution is 5.83. The molecule has 3 atom stereocenters. The number of hydrogen-bond acceptors (Lipinski definition) is 9. The van der Waals surface area contributed by atoms with Crippen LogP contribution < -0.4 is 16.4 Å². The Morgan fingerprint density at radius 1 is 1.31 bits per heavy atom. The fourth-order valence-electron chi connectivity index (χ4n) is 3.12. The van der Waals surface area contributed by atoms with E-state index in [1.165, 1.54) is 6.92 Å². The fourth-order valence-corrected chi connectivity index (χ4v) is 3.12. The predicted molar refractivity (Wildman–Crippen MR) is 94.4 cm³/mol. The van der Waals surface area contributed by atoms with Gasteiger partial charge in [-0.15, -0.1) is 0 Å². The SMILES string of the molecule is C[C@@H](O)[C@H](NC(=O)N[C@@H](CCC(=O)O)c1nc(C2(N)CC(CO)C2)no1)C(=O)O. The number of aromatic nitrogens is 2. The van der Waals surface area contributed by atoms with E-state index in [0.717, 1.165) is 0 Å². The molecule has 2 amide bonds. The summed E-state index contributed by atoms with van der Waals surface area (Å²) in [5.41, 5.74) is 5.30. The molecule has 29 heavy (non-hydrogen) atoms. The van der Waals surface area contributed by atoms with Crippen LogP contribution in [0.5, 0.6) is 0 Å². The van der Waals surface area contributed by atoms with Crippen molar-refractivity contribution in [3.63, 3.8) is 0 Å². The summed E-state index contributed by atoms with van der Waals surface area (Å²) in [7, 11) is 0. The number of amides is 2. The highest BCUT2D eigenvalue weighted by Crippen LogP contribution is 2.42. The Kier molecular flexibility index (Phi) is 7.11. The Balaban J connectivity index is 2.11. The Bertz CT molecular complexity index is 745. The molecule has 162 valence electrons. The number of rotatable bonds is 10. The smallest absolute Gasteiger partial charge is 0.328 e. The molecule has 1 fully saturated rings. The van der Waals surface area contributed by atoms with E-state index < -0.39 is 41.7 Å². The lowest BCUT2D eigenvalue weighted by Crippen LogP contribution is -2.52. The van der Waals surface area contributed by atoms with E-state index in [2.05, 4.69) is 20.8 Å². The van der Waals surface area contributed by atoms with Crippen LogP contribution >= 0.6 is 0 Å². The number of urea groups is 1. The van der Waals surface area contributed by atoms with Gasteiger partial charge < -0.3 is 41.3 Å². The van der Waals surface area contributed by atoms with Crippen LogP contribution in [-0.2, 0) is 15.1 Å². The number of aliphatic hydroxyl groups is 2. The predicted octanol–water partition coefficient (Wildman–Crippen LogP) is -1.33. The summed E-state index contributed by atoms with van der Waals surface area (Å²) in [6, 6.07) is -3.54. The maximum absolute atomic E-state index is 12.2. The molecule has 1 heterocycles. The number of carbonyl (C=O) groups excluding carboxylic acids is 1. The zero-order valence-corrected chi connectivity index (χ0v) is 15.7. The Morgan fingerprint density at radius 3 is 2.48 bits per heavy atom. The average molecular weight is 415 g/mol. The van der Waals surface area contributed by atoms with Crippen molar-refractivity contribution < 1.29 is 39.3 Å². The quantitative estimate of drug-likeness (QED) is 0.237. The van der Waals surface area contributed by atoms with Gasteiger partial charge in [0.15, 0.2) is 11.9 Å². The van der Waals surface area contributed by atoms with Crippen LogP contribution in [-0.4, -0.2) is 67.3 Å². The van der Waals surface area contributed by atoms with Crippen LogP contribution in [0.4, 0.5) is 4.79 Å². The van der Waals surface area contributed by atoms with Crippen molar-refractivity contribution in [2.75, 3.05) is 6.61 Å². The summed E-state index contributed by atoms with van der Waals surface area (Å²) in [6.45, 7) is 1.19. The topological polar surface area (TPSA) is 221 Å². The van der Waals surface area contributed by atoms with E-state index in [1.807, 2.05) is 0 Å². The summed E-state index contributed by atoms with van der Waals surface area (Å²) >= 11 is 0. The van der Waals surface area contributed by atoms with E-state index in [9.17, 15) is 19.5 Å². The minimum Gasteiger partial charge on any atom is -0.481 e. The highest BCUT2D eigenvalue weighted by atomic mass is 16.5. The summed E-state index contributed by atoms with van der Waals surface area (Å²) in [5.74, 6) is -2.44. The molecule has 0 unspecified atom stereocenters. The number of nitrogens with one attached hydrogen (secondary N) is 2. The van der Waals surface area contributed by atoms with E-state index >= 15 is 0 Å². The van der Waals surface area contributed by atoms with Crippen LogP contribution in [0.1, 0.15) is 50.4 Å². The molecule has 13 nitrogen and oxygen atoms in total. The molecule has 0 spiro atoms. The number of carbonyl (C=O) groups is 3. The van der Waals surface area contributed by atoms with Crippen molar-refractivity contribution in [3.05, 3.63) is 11.7 Å². The Labute approximate surface area is 165 Å². The first kappa shape index (κ1) is 22.5. The lowest BCUT2D eigenvalue weighted by molar-refractivity contribution is -0.141. The molecule has 1 aliphatic rings. The van der Waals surface area contributed by atoms with Gasteiger partial charge >= 0.3 is 18.0 Å². The molecule has 0 bridgehead atoms. The second-order valence-electron chi connectivity index (χ2n) is 7.23. The fraction of sp³-hybridized carbons (Fsp3) is 0.688. The van der Waals surface area contributed by atoms with Gasteiger partial charge in [-0.05, 0) is 32.1 Å². The van der Waals surface area contributed by atoms with Gasteiger partial charge in [0.25, 0.3) is 0 Å². The van der Waals surface area contributed by atoms with Crippen molar-refractivity contribution in [2.24, 2.45) is 11.7 Å². The molecule has 0 aliphatic heterocycles. The van der Waals surface area contributed by atoms with Crippen LogP contribution in [0.3, 0.4) is 0 Å². The second-order valence-corrected chi connectivity index (χ2v) is 7.23. The number of aliphatic carboxylic acids is 2. The van der Waals surface area contributed by atoms with E-state index in [-0.39, 0.29) is 37.1 Å². The van der Waals surface area contributed by atoms with Crippen molar-refractivity contribution in [1.82, 2.24) is 20.8 Å². The maximum Gasteiger partial charge on any atom is 0.328 e. The summed E-state index contributed by atoms with van der Waals surface area (Å²) in [6.07, 6.45) is -0.897. The van der Waals surface area contributed by atoms with Crippen molar-refractivity contribution in [3.8, 4) is 0 Å². The van der Waals surface area contributed by atoms with Crippen LogP contribution in [0.25, 0.3) is 0 Å². The molecule has 0 aromatic carbocycles. The molecule has 1 aromatic heterocycles. The third-order valence-electron chi connectivity index (χ3n) is 4.74. The minimum atomic E-state index is -1.56. The lowest BCUT2D eigenvalue weighted by Gasteiger charge is -2.41. The van der Waals surface area contributed by atoms with Gasteiger partial charge in [0.1, 0.15) is 6.04 Å². The molecular formula is C16H25N5O8. The summed E-state index contributed by atoms with van der Waals surface area (Å²) in [5, 5.41) is 44.8. The molecule has 1 saturated carbocycles. The molecule has 2 rings (SSSR count). The van der Waals surface area contributed by atoms with E-state index in [0.29, 0.717) is 12.8 Å². The molecule has 0 saturated heterocycles. The first-order chi connectivity index (χ1) is 13.6.